The molecule has 0 radical (unpaired) electrons. The molecule has 1 aromatic heterocycles. The fourth-order valence-electron chi connectivity index (χ4n) is 2.68. The maximum atomic E-state index is 6.18. The van der Waals surface area contributed by atoms with E-state index in [0.29, 0.717) is 6.04 Å². The molecule has 1 fully saturated rings. The molecule has 1 aliphatic rings. The van der Waals surface area contributed by atoms with Gasteiger partial charge in [0.2, 0.25) is 0 Å². The second-order valence-corrected chi connectivity index (χ2v) is 7.08. The number of nitrogen functional groups attached to an aromatic ring is 1. The van der Waals surface area contributed by atoms with Crippen molar-refractivity contribution in [3.63, 3.8) is 0 Å². The van der Waals surface area contributed by atoms with E-state index in [1.54, 1.807) is 0 Å². The van der Waals surface area contributed by atoms with Crippen LogP contribution in [0.5, 0.6) is 0 Å². The summed E-state index contributed by atoms with van der Waals surface area (Å²) >= 11 is 8.46. The van der Waals surface area contributed by atoms with E-state index < -0.39 is 0 Å². The highest BCUT2D eigenvalue weighted by Crippen LogP contribution is 2.42. The number of nitrogens with two attached hydrogens (primary N) is 1. The molecule has 21 heavy (non-hydrogen) atoms. The first-order valence-electron chi connectivity index (χ1n) is 6.86. The molecule has 0 aliphatic heterocycles. The number of halogens is 2. The zero-order valence-corrected chi connectivity index (χ0v) is 14.1. The number of aromatic nitrogens is 2. The molecule has 4 rings (SSSR count). The zero-order chi connectivity index (χ0) is 14.6. The quantitative estimate of drug-likeness (QED) is 0.484. The lowest BCUT2D eigenvalue weighted by molar-refractivity contribution is 0.775. The molecule has 1 heterocycles. The third-order valence-corrected chi connectivity index (χ3v) is 4.73. The number of anilines is 1. The molecule has 0 spiro atoms. The van der Waals surface area contributed by atoms with Crippen molar-refractivity contribution in [2.45, 2.75) is 18.9 Å². The first-order valence-corrected chi connectivity index (χ1v) is 8.32. The van der Waals surface area contributed by atoms with Gasteiger partial charge in [0, 0.05) is 25.9 Å². The first-order chi connectivity index (χ1) is 10.1. The zero-order valence-electron chi connectivity index (χ0n) is 11.2. The maximum Gasteiger partial charge on any atom is 0.143 e. The first kappa shape index (κ1) is 13.4. The summed E-state index contributed by atoms with van der Waals surface area (Å²) in [7, 11) is 0. The van der Waals surface area contributed by atoms with Crippen molar-refractivity contribution in [1.82, 2.24) is 9.55 Å². The van der Waals surface area contributed by atoms with E-state index in [9.17, 15) is 0 Å². The van der Waals surface area contributed by atoms with Gasteiger partial charge in [-0.2, -0.15) is 0 Å². The average molecular weight is 410 g/mol. The van der Waals surface area contributed by atoms with Crippen LogP contribution in [0.3, 0.4) is 0 Å². The third kappa shape index (κ3) is 2.30. The second kappa shape index (κ2) is 4.88. The lowest BCUT2D eigenvalue weighted by Crippen LogP contribution is -2.00. The Morgan fingerprint density at radius 1 is 1.19 bits per heavy atom. The highest BCUT2D eigenvalue weighted by atomic mass is 127. The smallest absolute Gasteiger partial charge is 0.143 e. The Labute approximate surface area is 141 Å². The summed E-state index contributed by atoms with van der Waals surface area (Å²) in [5.74, 6) is 0.950. The Morgan fingerprint density at radius 3 is 2.76 bits per heavy atom. The van der Waals surface area contributed by atoms with E-state index in [2.05, 4.69) is 33.2 Å². The number of hydrogen-bond donors (Lipinski definition) is 1. The average Bonchev–Trinajstić information content (AvgIpc) is 3.22. The van der Waals surface area contributed by atoms with Crippen LogP contribution in [-0.2, 0) is 0 Å². The predicted molar refractivity (Wildman–Crippen MR) is 95.6 cm³/mol. The molecule has 2 N–H and O–H groups in total. The van der Waals surface area contributed by atoms with Gasteiger partial charge >= 0.3 is 0 Å². The van der Waals surface area contributed by atoms with E-state index >= 15 is 0 Å². The summed E-state index contributed by atoms with van der Waals surface area (Å²) in [6.07, 6.45) is 2.38. The summed E-state index contributed by atoms with van der Waals surface area (Å²) in [5.41, 5.74) is 10.0. The van der Waals surface area contributed by atoms with E-state index in [1.807, 2.05) is 30.3 Å². The van der Waals surface area contributed by atoms with E-state index in [4.69, 9.17) is 22.3 Å². The molecular weight excluding hydrogens is 397 g/mol. The van der Waals surface area contributed by atoms with Crippen molar-refractivity contribution in [2.75, 3.05) is 5.73 Å². The molecule has 0 atom stereocenters. The van der Waals surface area contributed by atoms with Gasteiger partial charge in [0.15, 0.2) is 0 Å². The van der Waals surface area contributed by atoms with Gasteiger partial charge in [-0.3, -0.25) is 0 Å². The number of benzene rings is 2. The van der Waals surface area contributed by atoms with Gasteiger partial charge in [0.1, 0.15) is 5.82 Å². The molecule has 0 amide bonds. The molecule has 0 bridgehead atoms. The molecule has 1 saturated carbocycles. The fraction of sp³-hybridized carbons (Fsp3) is 0.188. The van der Waals surface area contributed by atoms with Crippen molar-refractivity contribution in [3.8, 4) is 11.4 Å². The highest BCUT2D eigenvalue weighted by Gasteiger charge is 2.29. The van der Waals surface area contributed by atoms with Gasteiger partial charge in [-0.15, -0.1) is 0 Å². The lowest BCUT2D eigenvalue weighted by Gasteiger charge is -2.10. The summed E-state index contributed by atoms with van der Waals surface area (Å²) in [6, 6.07) is 12.4. The molecule has 2 aromatic carbocycles. The number of imidazole rings is 1. The van der Waals surface area contributed by atoms with Crippen LogP contribution in [0.4, 0.5) is 5.69 Å². The molecule has 106 valence electrons. The summed E-state index contributed by atoms with van der Waals surface area (Å²) in [4.78, 5) is 4.81. The lowest BCUT2D eigenvalue weighted by atomic mass is 10.1. The van der Waals surface area contributed by atoms with Crippen LogP contribution in [0.25, 0.3) is 22.4 Å². The number of hydrogen-bond acceptors (Lipinski definition) is 2. The van der Waals surface area contributed by atoms with Gasteiger partial charge in [0.25, 0.3) is 0 Å². The summed E-state index contributed by atoms with van der Waals surface area (Å²) in [6.45, 7) is 0. The molecule has 0 saturated heterocycles. The van der Waals surface area contributed by atoms with Crippen LogP contribution < -0.4 is 5.73 Å². The second-order valence-electron chi connectivity index (χ2n) is 5.40. The Morgan fingerprint density at radius 2 is 2.00 bits per heavy atom. The van der Waals surface area contributed by atoms with Crippen LogP contribution in [0, 0.1) is 3.57 Å². The molecular formula is C16H13ClIN3. The highest BCUT2D eigenvalue weighted by molar-refractivity contribution is 14.1. The SMILES string of the molecule is Nc1ccc(I)cc1-c1nc2ccc(Cl)cc2n1C1CC1. The Hall–Kier alpha value is -1.27. The minimum absolute atomic E-state index is 0.515. The summed E-state index contributed by atoms with van der Waals surface area (Å²) < 4.78 is 3.45. The van der Waals surface area contributed by atoms with Crippen LogP contribution in [0.2, 0.25) is 5.02 Å². The normalized spacial score (nSPS) is 14.8. The molecule has 3 aromatic rings. The standard InChI is InChI=1S/C16H13ClIN3/c17-9-1-6-14-15(7-9)21(11-3-4-11)16(20-14)12-8-10(18)2-5-13(12)19/h1-2,5-8,11H,3-4,19H2. The van der Waals surface area contributed by atoms with Gasteiger partial charge in [-0.1, -0.05) is 11.6 Å². The maximum absolute atomic E-state index is 6.18. The molecule has 0 unspecified atom stereocenters. The minimum atomic E-state index is 0.515. The fourth-order valence-corrected chi connectivity index (χ4v) is 3.34. The number of rotatable bonds is 2. The van der Waals surface area contributed by atoms with Crippen molar-refractivity contribution in [1.29, 1.82) is 0 Å². The summed E-state index contributed by atoms with van der Waals surface area (Å²) in [5, 5.41) is 0.742. The van der Waals surface area contributed by atoms with E-state index in [1.165, 1.54) is 12.8 Å². The molecule has 1 aliphatic carbocycles. The van der Waals surface area contributed by atoms with Gasteiger partial charge in [0.05, 0.1) is 11.0 Å². The molecule has 5 heteroatoms. The largest absolute Gasteiger partial charge is 0.398 e. The van der Waals surface area contributed by atoms with Gasteiger partial charge < -0.3 is 10.3 Å². The van der Waals surface area contributed by atoms with Gasteiger partial charge in [-0.05, 0) is 71.8 Å². The van der Waals surface area contributed by atoms with Gasteiger partial charge in [-0.25, -0.2) is 4.98 Å². The number of fused-ring (bicyclic) bond motifs is 1. The Kier molecular flexibility index (Phi) is 3.11. The predicted octanol–water partition coefficient (Wildman–Crippen LogP) is 4.88. The van der Waals surface area contributed by atoms with Crippen LogP contribution in [-0.4, -0.2) is 9.55 Å². The topological polar surface area (TPSA) is 43.8 Å². The van der Waals surface area contributed by atoms with Crippen LogP contribution in [0.1, 0.15) is 18.9 Å². The van der Waals surface area contributed by atoms with Crippen LogP contribution in [0.15, 0.2) is 36.4 Å². The monoisotopic (exact) mass is 409 g/mol. The number of nitrogens with zero attached hydrogens (tertiary/aromatic N) is 2. The Balaban J connectivity index is 2.04. The van der Waals surface area contributed by atoms with Crippen LogP contribution >= 0.6 is 34.2 Å². The van der Waals surface area contributed by atoms with Crippen molar-refractivity contribution < 1.29 is 0 Å². The Bertz CT molecular complexity index is 852. The third-order valence-electron chi connectivity index (χ3n) is 3.82. The van der Waals surface area contributed by atoms with Crippen molar-refractivity contribution in [2.24, 2.45) is 0 Å². The van der Waals surface area contributed by atoms with E-state index in [-0.39, 0.29) is 0 Å². The van der Waals surface area contributed by atoms with Crippen molar-refractivity contribution >= 4 is 50.9 Å². The van der Waals surface area contributed by atoms with E-state index in [0.717, 1.165) is 36.7 Å². The minimum Gasteiger partial charge on any atom is -0.398 e. The van der Waals surface area contributed by atoms with Crippen molar-refractivity contribution in [3.05, 3.63) is 45.0 Å². The molecule has 3 nitrogen and oxygen atoms in total.